The molecular weight excluding hydrogens is 430 g/mol. The molecule has 4 aromatic rings. The van der Waals surface area contributed by atoms with Crippen molar-refractivity contribution in [3.63, 3.8) is 0 Å². The molecule has 1 atom stereocenters. The lowest BCUT2D eigenvalue weighted by atomic mass is 10.0. The summed E-state index contributed by atoms with van der Waals surface area (Å²) < 4.78 is 17.1. The van der Waals surface area contributed by atoms with E-state index in [9.17, 15) is 4.79 Å². The van der Waals surface area contributed by atoms with E-state index < -0.39 is 0 Å². The fourth-order valence-corrected chi connectivity index (χ4v) is 3.94. The standard InChI is InChI=1S/C27H25N3O4/c1-3-22(20-11-12-23-24(16-20)33-14-13-32-23)28-25(31)18-7-9-19(10-8-18)26-29-30-27(34-26)21-6-4-5-17(2)15-21/h4-12,15-16,22H,3,13-14H2,1-2H3,(H,28,31). The Balaban J connectivity index is 1.29. The number of carbonyl (C=O) groups excluding carboxylic acids is 1. The van der Waals surface area contributed by atoms with Gasteiger partial charge in [0, 0.05) is 16.7 Å². The fourth-order valence-electron chi connectivity index (χ4n) is 3.94. The predicted molar refractivity (Wildman–Crippen MR) is 128 cm³/mol. The lowest BCUT2D eigenvalue weighted by Gasteiger charge is -2.22. The molecule has 172 valence electrons. The predicted octanol–water partition coefficient (Wildman–Crippen LogP) is 5.36. The molecule has 0 radical (unpaired) electrons. The zero-order chi connectivity index (χ0) is 23.5. The fraction of sp³-hybridized carbons (Fsp3) is 0.222. The summed E-state index contributed by atoms with van der Waals surface area (Å²) in [5.74, 6) is 2.17. The van der Waals surface area contributed by atoms with Crippen LogP contribution in [-0.4, -0.2) is 29.3 Å². The zero-order valence-corrected chi connectivity index (χ0v) is 19.1. The van der Waals surface area contributed by atoms with Gasteiger partial charge in [-0.05, 0) is 67.4 Å². The number of aromatic nitrogens is 2. The van der Waals surface area contributed by atoms with Crippen molar-refractivity contribution >= 4 is 5.91 Å². The van der Waals surface area contributed by atoms with E-state index in [1.165, 1.54) is 0 Å². The van der Waals surface area contributed by atoms with Gasteiger partial charge < -0.3 is 19.2 Å². The van der Waals surface area contributed by atoms with E-state index in [1.807, 2.05) is 68.4 Å². The number of amides is 1. The number of rotatable bonds is 6. The van der Waals surface area contributed by atoms with Gasteiger partial charge in [-0.2, -0.15) is 0 Å². The summed E-state index contributed by atoms with van der Waals surface area (Å²) in [7, 11) is 0. The molecule has 2 heterocycles. The molecule has 7 heteroatoms. The Kier molecular flexibility index (Phi) is 5.99. The van der Waals surface area contributed by atoms with Crippen LogP contribution >= 0.6 is 0 Å². The van der Waals surface area contributed by atoms with Crippen LogP contribution < -0.4 is 14.8 Å². The van der Waals surface area contributed by atoms with Crippen LogP contribution in [0.5, 0.6) is 11.5 Å². The zero-order valence-electron chi connectivity index (χ0n) is 19.1. The quantitative estimate of drug-likeness (QED) is 0.421. The molecule has 1 aliphatic rings. The number of ether oxygens (including phenoxy) is 2. The second-order valence-corrected chi connectivity index (χ2v) is 8.20. The van der Waals surface area contributed by atoms with Crippen LogP contribution in [-0.2, 0) is 0 Å². The first kappa shape index (κ1) is 21.7. The number of nitrogens with one attached hydrogen (secondary N) is 1. The lowest BCUT2D eigenvalue weighted by Crippen LogP contribution is -2.28. The van der Waals surface area contributed by atoms with Gasteiger partial charge in [0.2, 0.25) is 11.8 Å². The largest absolute Gasteiger partial charge is 0.486 e. The highest BCUT2D eigenvalue weighted by molar-refractivity contribution is 5.94. The highest BCUT2D eigenvalue weighted by Gasteiger charge is 2.19. The van der Waals surface area contributed by atoms with Gasteiger partial charge in [0.05, 0.1) is 6.04 Å². The monoisotopic (exact) mass is 455 g/mol. The smallest absolute Gasteiger partial charge is 0.251 e. The number of carbonyl (C=O) groups is 1. The van der Waals surface area contributed by atoms with Crippen molar-refractivity contribution in [3.05, 3.63) is 83.4 Å². The van der Waals surface area contributed by atoms with Crippen LogP contribution in [0.3, 0.4) is 0 Å². The first-order valence-corrected chi connectivity index (χ1v) is 11.3. The molecule has 1 unspecified atom stereocenters. The first-order chi connectivity index (χ1) is 16.6. The Morgan fingerprint density at radius 3 is 2.38 bits per heavy atom. The topological polar surface area (TPSA) is 86.5 Å². The number of nitrogens with zero attached hydrogens (tertiary/aromatic N) is 2. The van der Waals surface area contributed by atoms with Crippen LogP contribution in [0.1, 0.15) is 40.9 Å². The second-order valence-electron chi connectivity index (χ2n) is 8.20. The van der Waals surface area contributed by atoms with Gasteiger partial charge in [-0.15, -0.1) is 10.2 Å². The van der Waals surface area contributed by atoms with Crippen LogP contribution in [0.4, 0.5) is 0 Å². The van der Waals surface area contributed by atoms with Gasteiger partial charge in [0.1, 0.15) is 13.2 Å². The molecule has 1 amide bonds. The number of hydrogen-bond donors (Lipinski definition) is 1. The maximum atomic E-state index is 12.9. The van der Waals surface area contributed by atoms with Gasteiger partial charge in [-0.25, -0.2) is 0 Å². The highest BCUT2D eigenvalue weighted by Crippen LogP contribution is 2.33. The molecule has 34 heavy (non-hydrogen) atoms. The molecule has 0 fully saturated rings. The average Bonchev–Trinajstić information content (AvgIpc) is 3.37. The second kappa shape index (κ2) is 9.39. The molecule has 0 spiro atoms. The minimum Gasteiger partial charge on any atom is -0.486 e. The summed E-state index contributed by atoms with van der Waals surface area (Å²) in [6.07, 6.45) is 0.743. The van der Waals surface area contributed by atoms with E-state index in [4.69, 9.17) is 13.9 Å². The van der Waals surface area contributed by atoms with Gasteiger partial charge >= 0.3 is 0 Å². The Hall–Kier alpha value is -4.13. The van der Waals surface area contributed by atoms with Crippen LogP contribution in [0.15, 0.2) is 71.1 Å². The SMILES string of the molecule is CCC(NC(=O)c1ccc(-c2nnc(-c3cccc(C)c3)o2)cc1)c1ccc2c(c1)OCCO2. The first-order valence-electron chi connectivity index (χ1n) is 11.3. The molecule has 0 saturated carbocycles. The third-order valence-corrected chi connectivity index (χ3v) is 5.77. The van der Waals surface area contributed by atoms with Crippen LogP contribution in [0.25, 0.3) is 22.9 Å². The number of benzene rings is 3. The molecule has 7 nitrogen and oxygen atoms in total. The molecule has 0 saturated heterocycles. The minimum atomic E-state index is -0.153. The Morgan fingerprint density at radius 1 is 0.912 bits per heavy atom. The van der Waals surface area contributed by atoms with E-state index in [0.717, 1.165) is 34.4 Å². The third kappa shape index (κ3) is 4.50. The Bertz CT molecular complexity index is 1310. The number of fused-ring (bicyclic) bond motifs is 1. The van der Waals surface area contributed by atoms with E-state index >= 15 is 0 Å². The molecular formula is C27H25N3O4. The summed E-state index contributed by atoms with van der Waals surface area (Å²) in [6.45, 7) is 5.12. The van der Waals surface area contributed by atoms with Crippen LogP contribution in [0, 0.1) is 6.92 Å². The van der Waals surface area contributed by atoms with Gasteiger partial charge in [0.15, 0.2) is 11.5 Å². The molecule has 0 bridgehead atoms. The van der Waals surface area contributed by atoms with Crippen molar-refractivity contribution in [1.82, 2.24) is 15.5 Å². The van der Waals surface area contributed by atoms with Gasteiger partial charge in [0.25, 0.3) is 5.91 Å². The number of aryl methyl sites for hydroxylation is 1. The minimum absolute atomic E-state index is 0.143. The Labute approximate surface area is 197 Å². The van der Waals surface area contributed by atoms with Gasteiger partial charge in [-0.1, -0.05) is 30.7 Å². The van der Waals surface area contributed by atoms with Crippen molar-refractivity contribution in [1.29, 1.82) is 0 Å². The molecule has 1 aliphatic heterocycles. The average molecular weight is 456 g/mol. The maximum Gasteiger partial charge on any atom is 0.251 e. The normalized spacial score (nSPS) is 13.4. The van der Waals surface area contributed by atoms with E-state index in [2.05, 4.69) is 15.5 Å². The van der Waals surface area contributed by atoms with E-state index in [-0.39, 0.29) is 11.9 Å². The van der Waals surface area contributed by atoms with Crippen molar-refractivity contribution in [2.75, 3.05) is 13.2 Å². The molecule has 0 aliphatic carbocycles. The van der Waals surface area contributed by atoms with Gasteiger partial charge in [-0.3, -0.25) is 4.79 Å². The summed E-state index contributed by atoms with van der Waals surface area (Å²) in [6, 6.07) is 20.7. The van der Waals surface area contributed by atoms with E-state index in [1.54, 1.807) is 12.1 Å². The summed E-state index contributed by atoms with van der Waals surface area (Å²) in [5, 5.41) is 11.4. The highest BCUT2D eigenvalue weighted by atomic mass is 16.6. The summed E-state index contributed by atoms with van der Waals surface area (Å²) in [4.78, 5) is 12.9. The Morgan fingerprint density at radius 2 is 1.65 bits per heavy atom. The third-order valence-electron chi connectivity index (χ3n) is 5.77. The molecule has 1 aromatic heterocycles. The molecule has 1 N–H and O–H groups in total. The van der Waals surface area contributed by atoms with Crippen molar-refractivity contribution < 1.29 is 18.7 Å². The number of hydrogen-bond acceptors (Lipinski definition) is 6. The van der Waals surface area contributed by atoms with Crippen molar-refractivity contribution in [3.8, 4) is 34.4 Å². The maximum absolute atomic E-state index is 12.9. The van der Waals surface area contributed by atoms with E-state index in [0.29, 0.717) is 36.3 Å². The summed E-state index contributed by atoms with van der Waals surface area (Å²) >= 11 is 0. The van der Waals surface area contributed by atoms with Crippen molar-refractivity contribution in [2.24, 2.45) is 0 Å². The van der Waals surface area contributed by atoms with Crippen LogP contribution in [0.2, 0.25) is 0 Å². The van der Waals surface area contributed by atoms with Crippen molar-refractivity contribution in [2.45, 2.75) is 26.3 Å². The summed E-state index contributed by atoms with van der Waals surface area (Å²) in [5.41, 5.74) is 4.28. The molecule has 5 rings (SSSR count). The molecule has 3 aromatic carbocycles. The lowest BCUT2D eigenvalue weighted by molar-refractivity contribution is 0.0935.